The van der Waals surface area contributed by atoms with Crippen LogP contribution >= 0.6 is 23.2 Å². The Labute approximate surface area is 174 Å². The van der Waals surface area contributed by atoms with E-state index in [1.165, 1.54) is 0 Å². The van der Waals surface area contributed by atoms with E-state index >= 15 is 0 Å². The summed E-state index contributed by atoms with van der Waals surface area (Å²) in [6.07, 6.45) is 1.50. The number of hydrogen-bond donors (Lipinski definition) is 1. The summed E-state index contributed by atoms with van der Waals surface area (Å²) in [5.74, 6) is 0.289. The fraction of sp³-hybridized carbons (Fsp3) is 0.333. The van der Waals surface area contributed by atoms with Crippen LogP contribution in [0.15, 0.2) is 48.5 Å². The van der Waals surface area contributed by atoms with Crippen LogP contribution in [0.2, 0.25) is 10.0 Å². The highest BCUT2D eigenvalue weighted by atomic mass is 35.5. The van der Waals surface area contributed by atoms with Gasteiger partial charge in [-0.1, -0.05) is 41.4 Å². The first-order valence-electron chi connectivity index (χ1n) is 9.09. The summed E-state index contributed by atoms with van der Waals surface area (Å²) < 4.78 is 5.92. The maximum atomic E-state index is 12.8. The lowest BCUT2D eigenvalue weighted by atomic mass is 9.76. The van der Waals surface area contributed by atoms with E-state index in [-0.39, 0.29) is 23.7 Å². The van der Waals surface area contributed by atoms with E-state index in [9.17, 15) is 9.59 Å². The maximum Gasteiger partial charge on any atom is 0.253 e. The summed E-state index contributed by atoms with van der Waals surface area (Å²) in [5.41, 5.74) is 5.61. The molecule has 0 spiro atoms. The van der Waals surface area contributed by atoms with E-state index in [0.717, 1.165) is 5.75 Å². The van der Waals surface area contributed by atoms with E-state index in [1.807, 2.05) is 30.3 Å². The van der Waals surface area contributed by atoms with Crippen molar-refractivity contribution in [1.82, 2.24) is 4.90 Å². The first-order valence-corrected chi connectivity index (χ1v) is 9.85. The Morgan fingerprint density at radius 2 is 1.71 bits per heavy atom. The number of benzene rings is 2. The molecule has 0 atom stereocenters. The SMILES string of the molecule is NC(=O)CC1(COc2ccccc2)CCN(C(=O)c2ccc(Cl)c(Cl)c2)CC1. The number of carbonyl (C=O) groups is 2. The van der Waals surface area contributed by atoms with Gasteiger partial charge in [0.2, 0.25) is 5.91 Å². The third-order valence-electron chi connectivity index (χ3n) is 5.12. The third-order valence-corrected chi connectivity index (χ3v) is 5.85. The Kier molecular flexibility index (Phi) is 6.47. The van der Waals surface area contributed by atoms with Gasteiger partial charge in [0.05, 0.1) is 16.7 Å². The summed E-state index contributed by atoms with van der Waals surface area (Å²) in [4.78, 5) is 26.2. The molecule has 2 N–H and O–H groups in total. The Hall–Kier alpha value is -2.24. The van der Waals surface area contributed by atoms with Crippen LogP contribution in [0, 0.1) is 5.41 Å². The zero-order chi connectivity index (χ0) is 20.1. The number of rotatable bonds is 6. The number of para-hydroxylation sites is 1. The van der Waals surface area contributed by atoms with E-state index < -0.39 is 0 Å². The van der Waals surface area contributed by atoms with Crippen LogP contribution < -0.4 is 10.5 Å². The summed E-state index contributed by atoms with van der Waals surface area (Å²) in [6, 6.07) is 14.3. The topological polar surface area (TPSA) is 72.6 Å². The molecule has 0 saturated carbocycles. The highest BCUT2D eigenvalue weighted by Gasteiger charge is 2.38. The second kappa shape index (κ2) is 8.84. The summed E-state index contributed by atoms with van der Waals surface area (Å²) in [6.45, 7) is 1.42. The summed E-state index contributed by atoms with van der Waals surface area (Å²) >= 11 is 12.0. The molecule has 0 unspecified atom stereocenters. The van der Waals surface area contributed by atoms with Crippen molar-refractivity contribution >= 4 is 35.0 Å². The van der Waals surface area contributed by atoms with Gasteiger partial charge in [0.15, 0.2) is 0 Å². The lowest BCUT2D eigenvalue weighted by Crippen LogP contribution is -2.47. The van der Waals surface area contributed by atoms with Gasteiger partial charge in [0, 0.05) is 30.5 Å². The molecule has 7 heteroatoms. The van der Waals surface area contributed by atoms with E-state index in [4.69, 9.17) is 33.7 Å². The molecule has 3 rings (SSSR count). The van der Waals surface area contributed by atoms with Gasteiger partial charge in [-0.2, -0.15) is 0 Å². The predicted octanol–water partition coefficient (Wildman–Crippen LogP) is 4.17. The van der Waals surface area contributed by atoms with Crippen molar-refractivity contribution in [3.05, 3.63) is 64.1 Å². The first kappa shape index (κ1) is 20.5. The average molecular weight is 421 g/mol. The Morgan fingerprint density at radius 1 is 1.04 bits per heavy atom. The molecule has 5 nitrogen and oxygen atoms in total. The second-order valence-corrected chi connectivity index (χ2v) is 7.98. The van der Waals surface area contributed by atoms with Crippen molar-refractivity contribution in [2.45, 2.75) is 19.3 Å². The molecule has 0 bridgehead atoms. The van der Waals surface area contributed by atoms with Crippen molar-refractivity contribution in [2.75, 3.05) is 19.7 Å². The summed E-state index contributed by atoms with van der Waals surface area (Å²) in [7, 11) is 0. The lowest BCUT2D eigenvalue weighted by Gasteiger charge is -2.41. The van der Waals surface area contributed by atoms with Crippen LogP contribution in [0.4, 0.5) is 0 Å². The van der Waals surface area contributed by atoms with Crippen LogP contribution in [-0.2, 0) is 4.79 Å². The molecule has 1 saturated heterocycles. The molecule has 1 aliphatic rings. The van der Waals surface area contributed by atoms with Crippen LogP contribution in [0.1, 0.15) is 29.6 Å². The van der Waals surface area contributed by atoms with Gasteiger partial charge in [-0.25, -0.2) is 0 Å². The Morgan fingerprint density at radius 3 is 2.32 bits per heavy atom. The van der Waals surface area contributed by atoms with Gasteiger partial charge in [0.1, 0.15) is 5.75 Å². The fourth-order valence-corrected chi connectivity index (χ4v) is 3.79. The smallest absolute Gasteiger partial charge is 0.253 e. The normalized spacial score (nSPS) is 15.9. The lowest BCUT2D eigenvalue weighted by molar-refractivity contribution is -0.121. The summed E-state index contributed by atoms with van der Waals surface area (Å²) in [5, 5.41) is 0.763. The van der Waals surface area contributed by atoms with E-state index in [2.05, 4.69) is 0 Å². The largest absolute Gasteiger partial charge is 0.493 e. The number of amides is 2. The molecule has 1 fully saturated rings. The number of hydrogen-bond acceptors (Lipinski definition) is 3. The molecule has 1 heterocycles. The van der Waals surface area contributed by atoms with Gasteiger partial charge >= 0.3 is 0 Å². The van der Waals surface area contributed by atoms with Crippen LogP contribution in [-0.4, -0.2) is 36.4 Å². The molecule has 2 aromatic rings. The standard InChI is InChI=1S/C21H22Cl2N2O3/c22-17-7-6-15(12-18(17)23)20(27)25-10-8-21(9-11-25,13-19(24)26)14-28-16-4-2-1-3-5-16/h1-7,12H,8-11,13-14H2,(H2,24,26). The van der Waals surface area contributed by atoms with Crippen molar-refractivity contribution in [3.8, 4) is 5.75 Å². The van der Waals surface area contributed by atoms with Gasteiger partial charge in [-0.3, -0.25) is 9.59 Å². The van der Waals surface area contributed by atoms with Crippen LogP contribution in [0.25, 0.3) is 0 Å². The average Bonchev–Trinajstić information content (AvgIpc) is 2.69. The zero-order valence-electron chi connectivity index (χ0n) is 15.4. The molecule has 148 valence electrons. The molecule has 2 aromatic carbocycles. The molecule has 0 radical (unpaired) electrons. The van der Waals surface area contributed by atoms with Crippen molar-refractivity contribution < 1.29 is 14.3 Å². The second-order valence-electron chi connectivity index (χ2n) is 7.17. The van der Waals surface area contributed by atoms with Gasteiger partial charge in [0.25, 0.3) is 5.91 Å². The van der Waals surface area contributed by atoms with Crippen LogP contribution in [0.5, 0.6) is 5.75 Å². The van der Waals surface area contributed by atoms with Crippen molar-refractivity contribution in [1.29, 1.82) is 0 Å². The van der Waals surface area contributed by atoms with Crippen LogP contribution in [0.3, 0.4) is 0 Å². The number of primary amides is 1. The predicted molar refractivity (Wildman–Crippen MR) is 110 cm³/mol. The quantitative estimate of drug-likeness (QED) is 0.761. The third kappa shape index (κ3) is 4.97. The first-order chi connectivity index (χ1) is 13.4. The number of carbonyl (C=O) groups excluding carboxylic acids is 2. The minimum atomic E-state index is -0.379. The molecule has 1 aliphatic heterocycles. The molecule has 2 amide bonds. The fourth-order valence-electron chi connectivity index (χ4n) is 3.49. The van der Waals surface area contributed by atoms with Gasteiger partial charge in [-0.15, -0.1) is 0 Å². The minimum Gasteiger partial charge on any atom is -0.493 e. The molecule has 28 heavy (non-hydrogen) atoms. The highest BCUT2D eigenvalue weighted by molar-refractivity contribution is 6.42. The monoisotopic (exact) mass is 420 g/mol. The van der Waals surface area contributed by atoms with E-state index in [1.54, 1.807) is 23.1 Å². The number of nitrogens with two attached hydrogens (primary N) is 1. The number of halogens is 2. The maximum absolute atomic E-state index is 12.8. The van der Waals surface area contributed by atoms with Gasteiger partial charge < -0.3 is 15.4 Å². The molecular weight excluding hydrogens is 399 g/mol. The Balaban J connectivity index is 1.67. The van der Waals surface area contributed by atoms with Gasteiger partial charge in [-0.05, 0) is 43.2 Å². The number of piperidine rings is 1. The molecule has 0 aromatic heterocycles. The Bertz CT molecular complexity index is 850. The number of ether oxygens (including phenoxy) is 1. The molecule has 0 aliphatic carbocycles. The zero-order valence-corrected chi connectivity index (χ0v) is 16.9. The van der Waals surface area contributed by atoms with Crippen molar-refractivity contribution in [2.24, 2.45) is 11.1 Å². The highest BCUT2D eigenvalue weighted by Crippen LogP contribution is 2.36. The minimum absolute atomic E-state index is 0.102. The van der Waals surface area contributed by atoms with E-state index in [0.29, 0.717) is 48.1 Å². The number of likely N-dealkylation sites (tertiary alicyclic amines) is 1. The van der Waals surface area contributed by atoms with Crippen molar-refractivity contribution in [3.63, 3.8) is 0 Å². The number of nitrogens with zero attached hydrogens (tertiary/aromatic N) is 1. The molecular formula is C21H22Cl2N2O3.